The second-order valence-electron chi connectivity index (χ2n) is 7.64. The van der Waals surface area contributed by atoms with E-state index < -0.39 is 18.7 Å². The fourth-order valence-corrected chi connectivity index (χ4v) is 4.69. The highest BCUT2D eigenvalue weighted by atomic mass is 19.4. The lowest BCUT2D eigenvalue weighted by atomic mass is 9.49. The number of benzene rings is 4. The molecule has 2 nitrogen and oxygen atoms in total. The summed E-state index contributed by atoms with van der Waals surface area (Å²) in [6.07, 6.45) is -4.48. The van der Waals surface area contributed by atoms with Crippen molar-refractivity contribution in [1.29, 1.82) is 0 Å². The van der Waals surface area contributed by atoms with E-state index in [4.69, 9.17) is 4.65 Å². The molecule has 2 heterocycles. The van der Waals surface area contributed by atoms with Crippen LogP contribution in [0.5, 0.6) is 5.75 Å². The first-order valence-corrected chi connectivity index (χ1v) is 9.98. The van der Waals surface area contributed by atoms with E-state index in [9.17, 15) is 13.2 Å². The summed E-state index contributed by atoms with van der Waals surface area (Å²) in [7, 11) is 0. The van der Waals surface area contributed by atoms with Crippen LogP contribution in [0.1, 0.15) is 5.56 Å². The van der Waals surface area contributed by atoms with Gasteiger partial charge in [-0.05, 0) is 47.4 Å². The van der Waals surface area contributed by atoms with Crippen LogP contribution in [-0.4, -0.2) is 6.92 Å². The average molecular weight is 413 g/mol. The van der Waals surface area contributed by atoms with Crippen molar-refractivity contribution in [1.82, 2.24) is 0 Å². The minimum Gasteiger partial charge on any atom is -0.551 e. The Morgan fingerprint density at radius 3 is 2.23 bits per heavy atom. The van der Waals surface area contributed by atoms with Gasteiger partial charge in [-0.15, -0.1) is 0 Å². The Labute approximate surface area is 177 Å². The second-order valence-corrected chi connectivity index (χ2v) is 7.64. The summed E-state index contributed by atoms with van der Waals surface area (Å²) in [5.74, 6) is 0.257. The molecule has 0 saturated carbocycles. The summed E-state index contributed by atoms with van der Waals surface area (Å²) in [4.78, 5) is 2.09. The maximum atomic E-state index is 13.9. The summed E-state index contributed by atoms with van der Waals surface area (Å²) >= 11 is 0. The van der Waals surface area contributed by atoms with Gasteiger partial charge in [-0.2, -0.15) is 13.2 Å². The monoisotopic (exact) mass is 413 g/mol. The fraction of sp³-hybridized carbons (Fsp3) is 0.0400. The molecule has 2 aliphatic heterocycles. The lowest BCUT2D eigenvalue weighted by Gasteiger charge is -2.40. The predicted octanol–water partition coefficient (Wildman–Crippen LogP) is 5.65. The molecule has 0 amide bonds. The van der Waals surface area contributed by atoms with Gasteiger partial charge in [-0.3, -0.25) is 0 Å². The van der Waals surface area contributed by atoms with Crippen molar-refractivity contribution in [2.75, 3.05) is 4.90 Å². The van der Waals surface area contributed by atoms with Gasteiger partial charge in [0.15, 0.2) is 0 Å². The number of alkyl halides is 3. The number of para-hydroxylation sites is 2. The van der Waals surface area contributed by atoms with Crippen LogP contribution in [0.2, 0.25) is 0 Å². The van der Waals surface area contributed by atoms with E-state index in [1.807, 2.05) is 66.7 Å². The Morgan fingerprint density at radius 1 is 0.710 bits per heavy atom. The molecule has 0 N–H and O–H groups in total. The maximum Gasteiger partial charge on any atom is 0.431 e. The summed E-state index contributed by atoms with van der Waals surface area (Å²) in [6, 6.07) is 27.4. The second kappa shape index (κ2) is 6.41. The van der Waals surface area contributed by atoms with Gasteiger partial charge >= 0.3 is 13.1 Å². The number of hydrogen-bond donors (Lipinski definition) is 0. The molecule has 6 heteroatoms. The van der Waals surface area contributed by atoms with Crippen molar-refractivity contribution in [3.8, 4) is 16.9 Å². The zero-order valence-corrected chi connectivity index (χ0v) is 16.2. The highest BCUT2D eigenvalue weighted by Gasteiger charge is 2.45. The lowest BCUT2D eigenvalue weighted by Crippen LogP contribution is -2.56. The maximum absolute atomic E-state index is 13.9. The molecule has 0 unspecified atom stereocenters. The van der Waals surface area contributed by atoms with Gasteiger partial charge in [-0.25, -0.2) is 0 Å². The third-order valence-corrected chi connectivity index (χ3v) is 5.91. The summed E-state index contributed by atoms with van der Waals surface area (Å²) < 4.78 is 47.9. The highest BCUT2D eigenvalue weighted by molar-refractivity contribution is 6.85. The van der Waals surface area contributed by atoms with Crippen molar-refractivity contribution < 1.29 is 17.8 Å². The van der Waals surface area contributed by atoms with Crippen molar-refractivity contribution >= 4 is 34.9 Å². The Morgan fingerprint density at radius 2 is 1.42 bits per heavy atom. The van der Waals surface area contributed by atoms with Crippen LogP contribution in [0, 0.1) is 0 Å². The normalized spacial score (nSPS) is 13.8. The van der Waals surface area contributed by atoms with E-state index in [0.29, 0.717) is 5.56 Å². The third-order valence-electron chi connectivity index (χ3n) is 5.91. The first-order chi connectivity index (χ1) is 15.0. The topological polar surface area (TPSA) is 12.5 Å². The van der Waals surface area contributed by atoms with E-state index in [1.54, 1.807) is 12.1 Å². The molecule has 0 radical (unpaired) electrons. The molecule has 150 valence electrons. The van der Waals surface area contributed by atoms with Gasteiger partial charge in [0.05, 0.1) is 5.56 Å². The van der Waals surface area contributed by atoms with Crippen LogP contribution in [0.3, 0.4) is 0 Å². The highest BCUT2D eigenvalue weighted by Crippen LogP contribution is 2.47. The Hall–Kier alpha value is -3.67. The molecule has 0 saturated heterocycles. The van der Waals surface area contributed by atoms with Gasteiger partial charge in [0.25, 0.3) is 0 Å². The Balaban J connectivity index is 1.69. The number of hydrogen-bond acceptors (Lipinski definition) is 2. The SMILES string of the molecule is FC(F)(F)c1cccc2c1-c1cccc3c1B(O2)c1ccccc1N3c1ccccc1. The number of halogens is 3. The van der Waals surface area contributed by atoms with Crippen molar-refractivity contribution in [3.05, 3.63) is 96.6 Å². The van der Waals surface area contributed by atoms with E-state index in [2.05, 4.69) is 4.90 Å². The molecule has 0 atom stereocenters. The van der Waals surface area contributed by atoms with E-state index in [1.165, 1.54) is 6.07 Å². The number of fused-ring (bicyclic) bond motifs is 4. The zero-order chi connectivity index (χ0) is 21.2. The molecule has 0 aromatic heterocycles. The minimum absolute atomic E-state index is 0.107. The third kappa shape index (κ3) is 2.61. The minimum atomic E-state index is -4.48. The largest absolute Gasteiger partial charge is 0.551 e. The number of anilines is 3. The zero-order valence-electron chi connectivity index (χ0n) is 16.2. The van der Waals surface area contributed by atoms with Crippen molar-refractivity contribution in [2.45, 2.75) is 6.18 Å². The van der Waals surface area contributed by atoms with Crippen LogP contribution >= 0.6 is 0 Å². The molecule has 31 heavy (non-hydrogen) atoms. The first kappa shape index (κ1) is 18.1. The first-order valence-electron chi connectivity index (χ1n) is 9.98. The van der Waals surface area contributed by atoms with Gasteiger partial charge < -0.3 is 9.55 Å². The molecule has 4 aromatic carbocycles. The van der Waals surface area contributed by atoms with Crippen molar-refractivity contribution in [3.63, 3.8) is 0 Å². The molecular weight excluding hydrogens is 398 g/mol. The Kier molecular flexibility index (Phi) is 3.75. The predicted molar refractivity (Wildman–Crippen MR) is 117 cm³/mol. The summed E-state index contributed by atoms with van der Waals surface area (Å²) in [6.45, 7) is -0.474. The molecular formula is C25H15BF3NO. The standard InChI is InChI=1S/C25H15BF3NO/c27-25(28,29)18-11-7-15-22-23(18)17-10-6-14-21-24(17)26(31-22)19-12-4-5-13-20(19)30(21)16-8-2-1-3-9-16/h1-15H. The van der Waals surface area contributed by atoms with Crippen LogP contribution in [0.4, 0.5) is 30.2 Å². The molecule has 0 fully saturated rings. The average Bonchev–Trinajstić information content (AvgIpc) is 2.79. The van der Waals surface area contributed by atoms with E-state index in [-0.39, 0.29) is 11.3 Å². The van der Waals surface area contributed by atoms with E-state index in [0.717, 1.165) is 34.1 Å². The quantitative estimate of drug-likeness (QED) is 0.374. The summed E-state index contributed by atoms with van der Waals surface area (Å²) in [5, 5.41) is 0. The van der Waals surface area contributed by atoms with E-state index >= 15 is 0 Å². The van der Waals surface area contributed by atoms with Gasteiger partial charge in [-0.1, -0.05) is 54.6 Å². The van der Waals surface area contributed by atoms with Gasteiger partial charge in [0.1, 0.15) is 5.75 Å². The molecule has 2 aliphatic rings. The number of nitrogens with zero attached hydrogens (tertiary/aromatic N) is 1. The fourth-order valence-electron chi connectivity index (χ4n) is 4.69. The number of rotatable bonds is 1. The van der Waals surface area contributed by atoms with Gasteiger partial charge in [0, 0.05) is 28.1 Å². The van der Waals surface area contributed by atoms with Gasteiger partial charge in [0.2, 0.25) is 0 Å². The van der Waals surface area contributed by atoms with Crippen LogP contribution in [0.25, 0.3) is 11.1 Å². The van der Waals surface area contributed by atoms with Crippen molar-refractivity contribution in [2.24, 2.45) is 0 Å². The molecule has 6 rings (SSSR count). The molecule has 0 aliphatic carbocycles. The van der Waals surface area contributed by atoms with Crippen LogP contribution in [-0.2, 0) is 6.18 Å². The lowest BCUT2D eigenvalue weighted by molar-refractivity contribution is -0.137. The molecule has 4 aromatic rings. The summed E-state index contributed by atoms with van der Waals surface area (Å²) in [5.41, 5.74) is 4.40. The molecule has 0 bridgehead atoms. The van der Waals surface area contributed by atoms with Crippen LogP contribution < -0.4 is 20.5 Å². The smallest absolute Gasteiger partial charge is 0.431 e. The Bertz CT molecular complexity index is 1320. The molecule has 0 spiro atoms. The van der Waals surface area contributed by atoms with Crippen LogP contribution in [0.15, 0.2) is 91.0 Å².